The lowest BCUT2D eigenvalue weighted by atomic mass is 10.1. The molecule has 0 aliphatic heterocycles. The molecule has 6 heteroatoms. The lowest BCUT2D eigenvalue weighted by molar-refractivity contribution is 0.0775. The van der Waals surface area contributed by atoms with Crippen molar-refractivity contribution in [1.29, 1.82) is 0 Å². The molecule has 0 aliphatic rings. The molecule has 0 saturated heterocycles. The van der Waals surface area contributed by atoms with Crippen molar-refractivity contribution < 1.29 is 18.7 Å². The normalized spacial score (nSPS) is 10.5. The molecule has 1 aromatic heterocycles. The summed E-state index contributed by atoms with van der Waals surface area (Å²) in [6, 6.07) is 16.2. The SMILES string of the molecule is COc1cc(C(=O)N(C)Cc2ccco2)ccc1OCc1ccccc1Cl. The van der Waals surface area contributed by atoms with Gasteiger partial charge >= 0.3 is 0 Å². The monoisotopic (exact) mass is 385 g/mol. The highest BCUT2D eigenvalue weighted by molar-refractivity contribution is 6.31. The van der Waals surface area contributed by atoms with E-state index >= 15 is 0 Å². The van der Waals surface area contributed by atoms with Crippen LogP contribution in [0.25, 0.3) is 0 Å². The van der Waals surface area contributed by atoms with Crippen LogP contribution in [0, 0.1) is 0 Å². The molecule has 0 fully saturated rings. The smallest absolute Gasteiger partial charge is 0.254 e. The second-order valence-corrected chi connectivity index (χ2v) is 6.39. The molecule has 1 amide bonds. The number of furan rings is 1. The fraction of sp³-hybridized carbons (Fsp3) is 0.190. The molecule has 0 radical (unpaired) electrons. The predicted molar refractivity (Wildman–Crippen MR) is 103 cm³/mol. The van der Waals surface area contributed by atoms with E-state index in [1.165, 1.54) is 0 Å². The van der Waals surface area contributed by atoms with E-state index in [0.717, 1.165) is 11.3 Å². The zero-order valence-corrected chi connectivity index (χ0v) is 15.9. The average molecular weight is 386 g/mol. The summed E-state index contributed by atoms with van der Waals surface area (Å²) in [6.45, 7) is 0.695. The van der Waals surface area contributed by atoms with Crippen LogP contribution in [-0.4, -0.2) is 25.0 Å². The Balaban J connectivity index is 1.71. The van der Waals surface area contributed by atoms with Crippen molar-refractivity contribution in [3.63, 3.8) is 0 Å². The van der Waals surface area contributed by atoms with Crippen LogP contribution in [0.1, 0.15) is 21.7 Å². The van der Waals surface area contributed by atoms with E-state index in [0.29, 0.717) is 35.2 Å². The molecular formula is C21H20ClNO4. The Morgan fingerprint density at radius 3 is 2.63 bits per heavy atom. The molecule has 2 aromatic carbocycles. The first-order valence-electron chi connectivity index (χ1n) is 8.40. The van der Waals surface area contributed by atoms with E-state index in [4.69, 9.17) is 25.5 Å². The number of nitrogens with zero attached hydrogens (tertiary/aromatic N) is 1. The molecule has 3 aromatic rings. The van der Waals surface area contributed by atoms with E-state index in [-0.39, 0.29) is 5.91 Å². The maximum absolute atomic E-state index is 12.6. The number of carbonyl (C=O) groups is 1. The van der Waals surface area contributed by atoms with Crippen LogP contribution in [0.3, 0.4) is 0 Å². The van der Waals surface area contributed by atoms with Gasteiger partial charge in [-0.25, -0.2) is 0 Å². The van der Waals surface area contributed by atoms with E-state index in [1.807, 2.05) is 30.3 Å². The number of amides is 1. The minimum absolute atomic E-state index is 0.137. The Kier molecular flexibility index (Phi) is 6.04. The largest absolute Gasteiger partial charge is 0.493 e. The van der Waals surface area contributed by atoms with Gasteiger partial charge < -0.3 is 18.8 Å². The molecule has 27 heavy (non-hydrogen) atoms. The molecule has 1 heterocycles. The minimum atomic E-state index is -0.137. The number of hydrogen-bond donors (Lipinski definition) is 0. The van der Waals surface area contributed by atoms with Gasteiger partial charge in [0.2, 0.25) is 0 Å². The Hall–Kier alpha value is -2.92. The minimum Gasteiger partial charge on any atom is -0.493 e. The zero-order valence-electron chi connectivity index (χ0n) is 15.1. The number of rotatable bonds is 7. The van der Waals surface area contributed by atoms with Gasteiger partial charge in [0.25, 0.3) is 5.91 Å². The van der Waals surface area contributed by atoms with Crippen molar-refractivity contribution in [3.8, 4) is 11.5 Å². The van der Waals surface area contributed by atoms with E-state index in [9.17, 15) is 4.79 Å². The molecule has 0 saturated carbocycles. The number of carbonyl (C=O) groups excluding carboxylic acids is 1. The van der Waals surface area contributed by atoms with Gasteiger partial charge in [0.05, 0.1) is 19.9 Å². The fourth-order valence-corrected chi connectivity index (χ4v) is 2.81. The van der Waals surface area contributed by atoms with Crippen LogP contribution in [0.2, 0.25) is 5.02 Å². The predicted octanol–water partition coefficient (Wildman–Crippen LogP) is 4.79. The number of ether oxygens (including phenoxy) is 2. The number of halogens is 1. The van der Waals surface area contributed by atoms with Crippen LogP contribution in [0.15, 0.2) is 65.3 Å². The van der Waals surface area contributed by atoms with Gasteiger partial charge in [-0.3, -0.25) is 4.79 Å². The third-order valence-corrected chi connectivity index (χ3v) is 4.44. The van der Waals surface area contributed by atoms with Crippen molar-refractivity contribution in [2.75, 3.05) is 14.2 Å². The van der Waals surface area contributed by atoms with Gasteiger partial charge in [-0.15, -0.1) is 0 Å². The first kappa shape index (κ1) is 18.9. The van der Waals surface area contributed by atoms with E-state index < -0.39 is 0 Å². The molecule has 0 N–H and O–H groups in total. The Bertz CT molecular complexity index is 908. The average Bonchev–Trinajstić information content (AvgIpc) is 3.19. The standard InChI is InChI=1S/C21H20ClNO4/c1-23(13-17-7-5-11-26-17)21(24)15-9-10-19(20(12-15)25-2)27-14-16-6-3-4-8-18(16)22/h3-12H,13-14H2,1-2H3. The van der Waals surface area contributed by atoms with Crippen LogP contribution < -0.4 is 9.47 Å². The van der Waals surface area contributed by atoms with Crippen molar-refractivity contribution in [3.05, 3.63) is 82.8 Å². The first-order valence-corrected chi connectivity index (χ1v) is 8.78. The van der Waals surface area contributed by atoms with Gasteiger partial charge in [0, 0.05) is 23.2 Å². The fourth-order valence-electron chi connectivity index (χ4n) is 2.62. The van der Waals surface area contributed by atoms with Crippen molar-refractivity contribution in [1.82, 2.24) is 4.90 Å². The number of hydrogen-bond acceptors (Lipinski definition) is 4. The van der Waals surface area contributed by atoms with Crippen molar-refractivity contribution >= 4 is 17.5 Å². The van der Waals surface area contributed by atoms with Gasteiger partial charge in [0.1, 0.15) is 12.4 Å². The summed E-state index contributed by atoms with van der Waals surface area (Å²) in [5.41, 5.74) is 1.38. The summed E-state index contributed by atoms with van der Waals surface area (Å²) in [5, 5.41) is 0.641. The van der Waals surface area contributed by atoms with E-state index in [2.05, 4.69) is 0 Å². The van der Waals surface area contributed by atoms with Crippen LogP contribution in [-0.2, 0) is 13.2 Å². The topological polar surface area (TPSA) is 51.9 Å². The molecule has 5 nitrogen and oxygen atoms in total. The number of benzene rings is 2. The number of methoxy groups -OCH3 is 1. The molecule has 140 valence electrons. The first-order chi connectivity index (χ1) is 13.1. The lowest BCUT2D eigenvalue weighted by Crippen LogP contribution is -2.26. The zero-order chi connectivity index (χ0) is 19.2. The van der Waals surface area contributed by atoms with Crippen LogP contribution in [0.4, 0.5) is 0 Å². The molecule has 3 rings (SSSR count). The second-order valence-electron chi connectivity index (χ2n) is 5.99. The van der Waals surface area contributed by atoms with Gasteiger partial charge in [-0.1, -0.05) is 29.8 Å². The van der Waals surface area contributed by atoms with Gasteiger partial charge in [0.15, 0.2) is 11.5 Å². The van der Waals surface area contributed by atoms with Gasteiger partial charge in [-0.2, -0.15) is 0 Å². The summed E-state index contributed by atoms with van der Waals surface area (Å²) < 4.78 is 16.5. The highest BCUT2D eigenvalue weighted by atomic mass is 35.5. The van der Waals surface area contributed by atoms with Gasteiger partial charge in [-0.05, 0) is 36.4 Å². The third kappa shape index (κ3) is 4.63. The Labute approximate surface area is 163 Å². The molecule has 0 spiro atoms. The van der Waals surface area contributed by atoms with Crippen LogP contribution in [0.5, 0.6) is 11.5 Å². The summed E-state index contributed by atoms with van der Waals surface area (Å²) in [7, 11) is 3.26. The Morgan fingerprint density at radius 1 is 1.11 bits per heavy atom. The van der Waals surface area contributed by atoms with Crippen LogP contribution >= 0.6 is 11.6 Å². The molecular weight excluding hydrogens is 366 g/mol. The highest BCUT2D eigenvalue weighted by Crippen LogP contribution is 2.30. The maximum atomic E-state index is 12.6. The molecule has 0 unspecified atom stereocenters. The summed E-state index contributed by atoms with van der Waals surface area (Å²) in [6.07, 6.45) is 1.59. The van der Waals surface area contributed by atoms with Crippen molar-refractivity contribution in [2.45, 2.75) is 13.2 Å². The molecule has 0 atom stereocenters. The molecule has 0 bridgehead atoms. The van der Waals surface area contributed by atoms with Crippen molar-refractivity contribution in [2.24, 2.45) is 0 Å². The highest BCUT2D eigenvalue weighted by Gasteiger charge is 2.16. The summed E-state index contributed by atoms with van der Waals surface area (Å²) in [5.74, 6) is 1.61. The summed E-state index contributed by atoms with van der Waals surface area (Å²) >= 11 is 6.15. The second kappa shape index (κ2) is 8.64. The Morgan fingerprint density at radius 2 is 1.93 bits per heavy atom. The van der Waals surface area contributed by atoms with E-state index in [1.54, 1.807) is 49.6 Å². The quantitative estimate of drug-likeness (QED) is 0.586. The summed E-state index contributed by atoms with van der Waals surface area (Å²) in [4.78, 5) is 14.2. The lowest BCUT2D eigenvalue weighted by Gasteiger charge is -2.17. The maximum Gasteiger partial charge on any atom is 0.254 e. The molecule has 0 aliphatic carbocycles. The third-order valence-electron chi connectivity index (χ3n) is 4.07.